The van der Waals surface area contributed by atoms with Crippen LogP contribution in [0.25, 0.3) is 10.8 Å². The molecule has 0 N–H and O–H groups in total. The molecule has 2 aromatic rings. The first-order valence-electron chi connectivity index (χ1n) is 7.68. The van der Waals surface area contributed by atoms with Gasteiger partial charge in [-0.05, 0) is 12.5 Å². The summed E-state index contributed by atoms with van der Waals surface area (Å²) in [5.41, 5.74) is -1.19. The van der Waals surface area contributed by atoms with Crippen molar-refractivity contribution < 1.29 is 14.8 Å². The summed E-state index contributed by atoms with van der Waals surface area (Å²) in [6.45, 7) is 2.32. The van der Waals surface area contributed by atoms with E-state index in [1.807, 2.05) is 6.92 Å². The van der Waals surface area contributed by atoms with E-state index in [9.17, 15) is 30.3 Å². The average Bonchev–Trinajstić information content (AvgIpc) is 2.86. The van der Waals surface area contributed by atoms with E-state index in [4.69, 9.17) is 12.2 Å². The highest BCUT2D eigenvalue weighted by Gasteiger charge is 2.40. The molecule has 0 radical (unpaired) electrons. The summed E-state index contributed by atoms with van der Waals surface area (Å²) in [4.78, 5) is 33.9. The number of anilines is 1. The fraction of sp³-hybridized carbons (Fsp3) is 0.267. The average molecular weight is 376 g/mol. The first kappa shape index (κ1) is 17.6. The van der Waals surface area contributed by atoms with Gasteiger partial charge < -0.3 is 4.90 Å². The second-order valence-electron chi connectivity index (χ2n) is 5.73. The number of unbranched alkanes of at least 4 members (excludes halogenated alkanes) is 1. The minimum atomic E-state index is -0.847. The van der Waals surface area contributed by atoms with Crippen molar-refractivity contribution in [3.63, 3.8) is 0 Å². The van der Waals surface area contributed by atoms with Gasteiger partial charge in [-0.15, -0.1) is 0 Å². The molecule has 0 bridgehead atoms. The van der Waals surface area contributed by atoms with Crippen LogP contribution in [0.1, 0.15) is 25.3 Å². The molecule has 1 aliphatic rings. The molecule has 1 aliphatic heterocycles. The molecule has 0 saturated heterocycles. The van der Waals surface area contributed by atoms with Gasteiger partial charge in [0, 0.05) is 23.6 Å². The van der Waals surface area contributed by atoms with Crippen LogP contribution in [-0.2, 0) is 0 Å². The summed E-state index contributed by atoms with van der Waals surface area (Å²) in [5, 5.41) is 34.3. The predicted octanol–water partition coefficient (Wildman–Crippen LogP) is 3.86. The number of hydrogen-bond acceptors (Lipinski definition) is 7. The molecule has 11 heteroatoms. The third kappa shape index (κ3) is 2.44. The number of benzene rings is 2. The standard InChI is InChI=1S/C15H12N4O6S/c1-2-3-6-16-14-11(19(24)25)7-10(18(22)23)13-9(17(20)21)5-4-8(12(13)14)15(16)26/h4-5,7H,2-3,6H2,1H3. The summed E-state index contributed by atoms with van der Waals surface area (Å²) in [6.07, 6.45) is 1.49. The van der Waals surface area contributed by atoms with E-state index in [0.717, 1.165) is 18.6 Å². The molecule has 0 aromatic heterocycles. The van der Waals surface area contributed by atoms with Crippen molar-refractivity contribution in [2.45, 2.75) is 19.8 Å². The van der Waals surface area contributed by atoms with Gasteiger partial charge in [0.25, 0.3) is 17.1 Å². The van der Waals surface area contributed by atoms with Crippen LogP contribution in [0.5, 0.6) is 0 Å². The normalized spacial score (nSPS) is 12.7. The Balaban J connectivity index is 2.50. The number of nitro benzene ring substituents is 3. The molecule has 1 heterocycles. The van der Waals surface area contributed by atoms with E-state index in [1.165, 1.54) is 6.07 Å². The van der Waals surface area contributed by atoms with Crippen molar-refractivity contribution in [2.24, 2.45) is 0 Å². The molecular weight excluding hydrogens is 364 g/mol. The number of rotatable bonds is 6. The molecule has 0 amide bonds. The van der Waals surface area contributed by atoms with Gasteiger partial charge in [-0.2, -0.15) is 0 Å². The topological polar surface area (TPSA) is 133 Å². The predicted molar refractivity (Wildman–Crippen MR) is 97.9 cm³/mol. The van der Waals surface area contributed by atoms with E-state index in [0.29, 0.717) is 18.5 Å². The van der Waals surface area contributed by atoms with Crippen molar-refractivity contribution in [2.75, 3.05) is 11.4 Å². The monoisotopic (exact) mass is 376 g/mol. The Kier molecular flexibility index (Phi) is 4.24. The lowest BCUT2D eigenvalue weighted by molar-refractivity contribution is -0.395. The van der Waals surface area contributed by atoms with Crippen molar-refractivity contribution in [1.82, 2.24) is 0 Å². The van der Waals surface area contributed by atoms with Crippen molar-refractivity contribution >= 4 is 50.7 Å². The molecule has 2 aromatic carbocycles. The first-order valence-corrected chi connectivity index (χ1v) is 8.09. The van der Waals surface area contributed by atoms with Gasteiger partial charge in [-0.1, -0.05) is 25.6 Å². The van der Waals surface area contributed by atoms with E-state index in [2.05, 4.69) is 0 Å². The largest absolute Gasteiger partial charge is 0.326 e. The smallest absolute Gasteiger partial charge is 0.300 e. The van der Waals surface area contributed by atoms with Crippen LogP contribution < -0.4 is 4.90 Å². The molecule has 0 spiro atoms. The highest BCUT2D eigenvalue weighted by atomic mass is 32.1. The van der Waals surface area contributed by atoms with E-state index in [1.54, 1.807) is 4.90 Å². The Labute approximate surface area is 151 Å². The SMILES string of the molecule is CCCCN1C(=S)c2ccc([N+](=O)[O-])c3c([N+](=O)[O-])cc([N+](=O)[O-])c1c23. The maximum atomic E-state index is 11.5. The van der Waals surface area contributed by atoms with Crippen molar-refractivity contribution in [3.05, 3.63) is 54.1 Å². The Morgan fingerprint density at radius 2 is 1.58 bits per heavy atom. The van der Waals surface area contributed by atoms with Gasteiger partial charge in [0.1, 0.15) is 16.1 Å². The van der Waals surface area contributed by atoms with E-state index < -0.39 is 31.8 Å². The van der Waals surface area contributed by atoms with E-state index in [-0.39, 0.29) is 21.4 Å². The third-order valence-corrected chi connectivity index (χ3v) is 4.70. The zero-order chi connectivity index (χ0) is 19.2. The van der Waals surface area contributed by atoms with E-state index >= 15 is 0 Å². The fourth-order valence-electron chi connectivity index (χ4n) is 3.16. The lowest BCUT2D eigenvalue weighted by atomic mass is 10.0. The zero-order valence-corrected chi connectivity index (χ0v) is 14.3. The van der Waals surface area contributed by atoms with Crippen LogP contribution >= 0.6 is 12.2 Å². The third-order valence-electron chi connectivity index (χ3n) is 4.26. The van der Waals surface area contributed by atoms with Crippen LogP contribution in [0.15, 0.2) is 18.2 Å². The number of hydrogen-bond donors (Lipinski definition) is 0. The molecule has 0 fully saturated rings. The second kappa shape index (κ2) is 6.26. The van der Waals surface area contributed by atoms with Crippen LogP contribution in [0.3, 0.4) is 0 Å². The number of non-ortho nitro benzene ring substituents is 2. The Morgan fingerprint density at radius 3 is 2.12 bits per heavy atom. The first-order chi connectivity index (χ1) is 12.3. The van der Waals surface area contributed by atoms with Crippen LogP contribution in [-0.4, -0.2) is 26.3 Å². The van der Waals surface area contributed by atoms with Crippen LogP contribution in [0, 0.1) is 30.3 Å². The van der Waals surface area contributed by atoms with Crippen LogP contribution in [0.4, 0.5) is 22.7 Å². The minimum Gasteiger partial charge on any atom is -0.326 e. The Hall–Kier alpha value is -3.21. The highest BCUT2D eigenvalue weighted by Crippen LogP contribution is 2.50. The molecule has 0 atom stereocenters. The molecule has 0 unspecified atom stereocenters. The van der Waals surface area contributed by atoms with Gasteiger partial charge in [-0.25, -0.2) is 0 Å². The lowest BCUT2D eigenvalue weighted by Crippen LogP contribution is -2.27. The fourth-order valence-corrected chi connectivity index (χ4v) is 3.51. The molecule has 134 valence electrons. The number of nitro groups is 3. The van der Waals surface area contributed by atoms with Gasteiger partial charge >= 0.3 is 0 Å². The summed E-state index contributed by atoms with van der Waals surface area (Å²) in [5.74, 6) is 0. The molecular formula is C15H12N4O6S. The Morgan fingerprint density at radius 1 is 0.962 bits per heavy atom. The maximum Gasteiger partial charge on any atom is 0.300 e. The van der Waals surface area contributed by atoms with Crippen molar-refractivity contribution in [1.29, 1.82) is 0 Å². The second-order valence-corrected chi connectivity index (χ2v) is 6.11. The zero-order valence-electron chi connectivity index (χ0n) is 13.5. The van der Waals surface area contributed by atoms with Gasteiger partial charge in [-0.3, -0.25) is 30.3 Å². The lowest BCUT2D eigenvalue weighted by Gasteiger charge is -2.19. The summed E-state index contributed by atoms with van der Waals surface area (Å²) < 4.78 is 0. The van der Waals surface area contributed by atoms with Gasteiger partial charge in [0.05, 0.1) is 20.8 Å². The summed E-state index contributed by atoms with van der Waals surface area (Å²) in [7, 11) is 0. The molecule has 26 heavy (non-hydrogen) atoms. The molecule has 0 saturated carbocycles. The van der Waals surface area contributed by atoms with Crippen molar-refractivity contribution in [3.8, 4) is 0 Å². The Bertz CT molecular complexity index is 1010. The summed E-state index contributed by atoms with van der Waals surface area (Å²) >= 11 is 5.40. The molecule has 3 rings (SSSR count). The van der Waals surface area contributed by atoms with Crippen LogP contribution in [0.2, 0.25) is 0 Å². The molecule has 0 aliphatic carbocycles. The maximum absolute atomic E-state index is 11.5. The minimum absolute atomic E-state index is 0.0905. The molecule has 10 nitrogen and oxygen atoms in total. The number of thiocarbonyl (C=S) groups is 1. The summed E-state index contributed by atoms with van der Waals surface area (Å²) in [6, 6.07) is 3.32. The highest BCUT2D eigenvalue weighted by molar-refractivity contribution is 7.81. The van der Waals surface area contributed by atoms with Gasteiger partial charge in [0.15, 0.2) is 0 Å². The van der Waals surface area contributed by atoms with Gasteiger partial charge in [0.2, 0.25) is 0 Å². The quantitative estimate of drug-likeness (QED) is 0.421. The number of nitrogens with zero attached hydrogens (tertiary/aromatic N) is 4.